The molecular weight excluding hydrogens is 332 g/mol. The van der Waals surface area contributed by atoms with E-state index in [1.165, 1.54) is 0 Å². The number of aliphatic carboxylic acids is 1. The predicted molar refractivity (Wildman–Crippen MR) is 103 cm³/mol. The number of ether oxygens (including phenoxy) is 1. The Morgan fingerprint density at radius 2 is 2.04 bits per heavy atom. The Morgan fingerprint density at radius 3 is 2.52 bits per heavy atom. The van der Waals surface area contributed by atoms with E-state index in [9.17, 15) is 9.90 Å². The van der Waals surface area contributed by atoms with Crippen LogP contribution in [0.1, 0.15) is 60.3 Å². The van der Waals surface area contributed by atoms with Crippen LogP contribution < -0.4 is 0 Å². The normalized spacial score (nSPS) is 36.6. The lowest BCUT2D eigenvalue weighted by Gasteiger charge is -2.45. The fraction of sp³-hybridized carbons (Fsp3) is 0.850. The first-order chi connectivity index (χ1) is 11.4. The van der Waals surface area contributed by atoms with Crippen LogP contribution in [0.3, 0.4) is 0 Å². The summed E-state index contributed by atoms with van der Waals surface area (Å²) in [6, 6.07) is 0. The van der Waals surface area contributed by atoms with Crippen molar-refractivity contribution in [3.8, 4) is 0 Å². The minimum atomic E-state index is -1.87. The molecule has 144 valence electrons. The predicted octanol–water partition coefficient (Wildman–Crippen LogP) is 5.00. The Morgan fingerprint density at radius 1 is 1.40 bits per heavy atom. The zero-order chi connectivity index (χ0) is 19.1. The van der Waals surface area contributed by atoms with Gasteiger partial charge < -0.3 is 14.3 Å². The molecule has 0 radical (unpaired) electrons. The van der Waals surface area contributed by atoms with E-state index in [4.69, 9.17) is 9.16 Å². The molecule has 0 unspecified atom stereocenters. The van der Waals surface area contributed by atoms with Gasteiger partial charge in [0, 0.05) is 5.41 Å². The molecular formula is C20H36O4Si. The SMILES string of the molecule is C[C@@H]1C[C@@H](CO[Si](C)(C)C(C)(C)C)O[C@@]1(C(=O)O)[C@]1(C)C=CCCC1. The molecule has 5 heteroatoms. The zero-order valence-electron chi connectivity index (χ0n) is 17.0. The lowest BCUT2D eigenvalue weighted by atomic mass is 9.63. The molecule has 2 aliphatic rings. The molecule has 1 saturated heterocycles. The van der Waals surface area contributed by atoms with Gasteiger partial charge in [-0.25, -0.2) is 4.79 Å². The van der Waals surface area contributed by atoms with Crippen molar-refractivity contribution < 1.29 is 19.1 Å². The topological polar surface area (TPSA) is 55.8 Å². The summed E-state index contributed by atoms with van der Waals surface area (Å²) >= 11 is 0. The van der Waals surface area contributed by atoms with Gasteiger partial charge in [0.05, 0.1) is 12.7 Å². The van der Waals surface area contributed by atoms with Crippen LogP contribution in [-0.4, -0.2) is 37.7 Å². The maximum atomic E-state index is 12.4. The quantitative estimate of drug-likeness (QED) is 0.548. The van der Waals surface area contributed by atoms with Gasteiger partial charge in [-0.3, -0.25) is 0 Å². The third-order valence-electron chi connectivity index (χ3n) is 6.82. The van der Waals surface area contributed by atoms with Crippen LogP contribution in [0.4, 0.5) is 0 Å². The highest BCUT2D eigenvalue weighted by Crippen LogP contribution is 2.53. The van der Waals surface area contributed by atoms with Crippen molar-refractivity contribution >= 4 is 14.3 Å². The van der Waals surface area contributed by atoms with E-state index >= 15 is 0 Å². The molecule has 0 saturated carbocycles. The molecule has 1 fully saturated rings. The standard InChI is InChI=1S/C20H36O4Si/c1-15-13-16(14-23-25(6,7)18(2,3)4)24-20(15,17(21)22)19(5)11-9-8-10-12-19/h9,11,15-16H,8,10,12-14H2,1-7H3,(H,21,22)/t15-,16+,19-,20+/m1/s1. The Labute approximate surface area is 154 Å². The monoisotopic (exact) mass is 368 g/mol. The van der Waals surface area contributed by atoms with Crippen molar-refractivity contribution in [3.05, 3.63) is 12.2 Å². The average Bonchev–Trinajstić information content (AvgIpc) is 2.83. The summed E-state index contributed by atoms with van der Waals surface area (Å²) < 4.78 is 12.6. The van der Waals surface area contributed by atoms with Crippen LogP contribution in [-0.2, 0) is 14.0 Å². The van der Waals surface area contributed by atoms with Crippen molar-refractivity contribution in [2.45, 2.75) is 90.1 Å². The second-order valence-corrected chi connectivity index (χ2v) is 14.5. The Hall–Kier alpha value is -0.653. The minimum Gasteiger partial charge on any atom is -0.479 e. The largest absolute Gasteiger partial charge is 0.479 e. The zero-order valence-corrected chi connectivity index (χ0v) is 18.0. The molecule has 4 atom stereocenters. The van der Waals surface area contributed by atoms with Gasteiger partial charge >= 0.3 is 5.97 Å². The number of carbonyl (C=O) groups is 1. The highest BCUT2D eigenvalue weighted by molar-refractivity contribution is 6.74. The van der Waals surface area contributed by atoms with Crippen molar-refractivity contribution in [2.75, 3.05) is 6.61 Å². The van der Waals surface area contributed by atoms with Crippen molar-refractivity contribution in [2.24, 2.45) is 11.3 Å². The molecule has 1 N–H and O–H groups in total. The van der Waals surface area contributed by atoms with Gasteiger partial charge in [0.1, 0.15) is 0 Å². The number of carboxylic acid groups (broad SMARTS) is 1. The van der Waals surface area contributed by atoms with Crippen LogP contribution in [0.2, 0.25) is 18.1 Å². The van der Waals surface area contributed by atoms with Crippen molar-refractivity contribution in [1.29, 1.82) is 0 Å². The van der Waals surface area contributed by atoms with E-state index in [1.807, 2.05) is 13.8 Å². The van der Waals surface area contributed by atoms with E-state index in [0.717, 1.165) is 25.7 Å². The van der Waals surface area contributed by atoms with Gasteiger partial charge in [-0.1, -0.05) is 46.8 Å². The van der Waals surface area contributed by atoms with Crippen molar-refractivity contribution in [3.63, 3.8) is 0 Å². The molecule has 0 bridgehead atoms. The lowest BCUT2D eigenvalue weighted by Crippen LogP contribution is -2.56. The average molecular weight is 369 g/mol. The van der Waals surface area contributed by atoms with Crippen LogP contribution >= 0.6 is 0 Å². The van der Waals surface area contributed by atoms with Gasteiger partial charge in [0.15, 0.2) is 13.9 Å². The molecule has 1 aliphatic carbocycles. The van der Waals surface area contributed by atoms with Crippen LogP contribution in [0.15, 0.2) is 12.2 Å². The lowest BCUT2D eigenvalue weighted by molar-refractivity contribution is -0.187. The third kappa shape index (κ3) is 3.60. The van der Waals surface area contributed by atoms with Gasteiger partial charge in [-0.2, -0.15) is 0 Å². The van der Waals surface area contributed by atoms with Gasteiger partial charge in [0.2, 0.25) is 0 Å². The third-order valence-corrected chi connectivity index (χ3v) is 11.3. The molecule has 0 aromatic carbocycles. The Balaban J connectivity index is 2.19. The summed E-state index contributed by atoms with van der Waals surface area (Å²) in [5.41, 5.74) is -1.60. The van der Waals surface area contributed by atoms with Gasteiger partial charge in [-0.05, 0) is 49.7 Å². The second-order valence-electron chi connectivity index (χ2n) is 9.70. The first kappa shape index (κ1) is 20.7. The fourth-order valence-electron chi connectivity index (χ4n) is 4.13. The number of hydrogen-bond acceptors (Lipinski definition) is 3. The summed E-state index contributed by atoms with van der Waals surface area (Å²) in [7, 11) is -1.87. The summed E-state index contributed by atoms with van der Waals surface area (Å²) in [5, 5.41) is 10.3. The molecule has 0 spiro atoms. The van der Waals surface area contributed by atoms with Gasteiger partial charge in [-0.15, -0.1) is 0 Å². The molecule has 1 aliphatic heterocycles. The van der Waals surface area contributed by atoms with E-state index < -0.39 is 25.3 Å². The van der Waals surface area contributed by atoms with Gasteiger partial charge in [0.25, 0.3) is 0 Å². The highest BCUT2D eigenvalue weighted by Gasteiger charge is 2.62. The number of rotatable bonds is 5. The summed E-state index contributed by atoms with van der Waals surface area (Å²) in [6.07, 6.45) is 7.69. The molecule has 0 amide bonds. The van der Waals surface area contributed by atoms with Crippen molar-refractivity contribution in [1.82, 2.24) is 0 Å². The molecule has 25 heavy (non-hydrogen) atoms. The number of allylic oxidation sites excluding steroid dienone is 1. The molecule has 2 rings (SSSR count). The van der Waals surface area contributed by atoms with Crippen LogP contribution in [0, 0.1) is 11.3 Å². The summed E-state index contributed by atoms with van der Waals surface area (Å²) in [5.74, 6) is -0.866. The second kappa shape index (κ2) is 6.82. The Kier molecular flexibility index (Phi) is 5.63. The van der Waals surface area contributed by atoms with Crippen LogP contribution in [0.5, 0.6) is 0 Å². The van der Waals surface area contributed by atoms with Crippen LogP contribution in [0.25, 0.3) is 0 Å². The maximum Gasteiger partial charge on any atom is 0.337 e. The first-order valence-electron chi connectivity index (χ1n) is 9.58. The minimum absolute atomic E-state index is 0.0363. The summed E-state index contributed by atoms with van der Waals surface area (Å²) in [4.78, 5) is 12.4. The molecule has 4 nitrogen and oxygen atoms in total. The Bertz CT molecular complexity index is 536. The maximum absolute atomic E-state index is 12.4. The van der Waals surface area contributed by atoms with E-state index in [2.05, 4.69) is 46.0 Å². The highest BCUT2D eigenvalue weighted by atomic mass is 28.4. The molecule has 0 aromatic heterocycles. The van der Waals surface area contributed by atoms with E-state index in [1.54, 1.807) is 0 Å². The fourth-order valence-corrected chi connectivity index (χ4v) is 5.17. The summed E-state index contributed by atoms with van der Waals surface area (Å²) in [6.45, 7) is 15.7. The van der Waals surface area contributed by atoms with E-state index in [-0.39, 0.29) is 17.1 Å². The molecule has 0 aromatic rings. The van der Waals surface area contributed by atoms with E-state index in [0.29, 0.717) is 6.61 Å². The first-order valence-corrected chi connectivity index (χ1v) is 12.5. The smallest absolute Gasteiger partial charge is 0.337 e. The number of hydrogen-bond donors (Lipinski definition) is 1. The number of carboxylic acids is 1. The molecule has 1 heterocycles.